The molecule has 0 N–H and O–H groups in total. The molecule has 0 aromatic carbocycles. The summed E-state index contributed by atoms with van der Waals surface area (Å²) in [5.74, 6) is 0. The summed E-state index contributed by atoms with van der Waals surface area (Å²) >= 11 is -1.28. The zero-order valence-corrected chi connectivity index (χ0v) is 32.7. The molecule has 6 heteroatoms. The maximum absolute atomic E-state index is 4.55. The van der Waals surface area contributed by atoms with Crippen LogP contribution < -0.4 is 7.42 Å². The molecule has 0 saturated heterocycles. The summed E-state index contributed by atoms with van der Waals surface area (Å²) in [5.41, 5.74) is 0. The second kappa shape index (κ2) is 24.2. The number of unbranched alkanes of at least 4 members (excludes halogenated alkanes) is 6. The fourth-order valence-electron chi connectivity index (χ4n) is 5.49. The van der Waals surface area contributed by atoms with Crippen LogP contribution in [0.2, 0.25) is 6.86 Å². The van der Waals surface area contributed by atoms with E-state index in [2.05, 4.69) is 73.6 Å². The van der Waals surface area contributed by atoms with E-state index in [0.717, 1.165) is 0 Å². The van der Waals surface area contributed by atoms with Gasteiger partial charge in [-0.05, 0) is 0 Å². The van der Waals surface area contributed by atoms with E-state index in [0.29, 0.717) is 6.86 Å². The molecule has 224 valence electrons. The second-order valence-corrected chi connectivity index (χ2v) is 22.0. The number of hydrogen-bond acceptors (Lipinski definition) is 4. The Labute approximate surface area is 269 Å². The molecule has 0 aliphatic rings. The summed E-state index contributed by atoms with van der Waals surface area (Å²) in [6.07, 6.45) is 32.2. The topological polar surface area (TPSA) is 51.6 Å². The summed E-state index contributed by atoms with van der Waals surface area (Å²) in [4.78, 5) is 17.3. The van der Waals surface area contributed by atoms with E-state index in [4.69, 9.17) is 0 Å². The summed E-state index contributed by atoms with van der Waals surface area (Å²) in [5, 5.41) is 0. The van der Waals surface area contributed by atoms with E-state index in [-0.39, 0.29) is 0 Å². The fraction of sp³-hybridized carbons (Fsp3) is 0.765. The van der Waals surface area contributed by atoms with Crippen molar-refractivity contribution in [1.29, 1.82) is 0 Å². The molecule has 0 spiro atoms. The van der Waals surface area contributed by atoms with Crippen molar-refractivity contribution in [3.05, 3.63) is 37.2 Å². The minimum absolute atomic E-state index is 0.639. The monoisotopic (exact) mass is 764 g/mol. The van der Waals surface area contributed by atoms with E-state index >= 15 is 0 Å². The molecule has 0 aliphatic heterocycles. The number of nitrogens with zero attached hydrogens (tertiary/aromatic N) is 4. The average Bonchev–Trinajstić information content (AvgIpc) is 3.00. The Hall–Kier alpha value is -0.243. The molecular weight excluding hydrogens is 702 g/mol. The van der Waals surface area contributed by atoms with Gasteiger partial charge in [0.25, 0.3) is 0 Å². The van der Waals surface area contributed by atoms with Crippen molar-refractivity contribution < 1.29 is 0 Å². The minimum atomic E-state index is -0.641. The van der Waals surface area contributed by atoms with E-state index in [1.807, 2.05) is 12.4 Å². The Balaban J connectivity index is 0.000000400. The van der Waals surface area contributed by atoms with Crippen LogP contribution in [0.15, 0.2) is 37.2 Å². The summed E-state index contributed by atoms with van der Waals surface area (Å²) in [6.45, 7) is 13.9. The van der Waals surface area contributed by atoms with Gasteiger partial charge in [-0.1, -0.05) is 0 Å². The van der Waals surface area contributed by atoms with Crippen LogP contribution in [-0.2, 0) is 0 Å². The summed E-state index contributed by atoms with van der Waals surface area (Å²) in [7, 11) is 0. The molecule has 4 radical (unpaired) electrons. The number of rotatable bonds is 22. The van der Waals surface area contributed by atoms with Crippen molar-refractivity contribution in [2.45, 2.75) is 164 Å². The Morgan fingerprint density at radius 1 is 0.475 bits per heavy atom. The van der Waals surface area contributed by atoms with Crippen LogP contribution in [0.25, 0.3) is 0 Å². The van der Waals surface area contributed by atoms with E-state index in [9.17, 15) is 0 Å². The van der Waals surface area contributed by atoms with Gasteiger partial charge in [-0.3, -0.25) is 0 Å². The first-order valence-corrected chi connectivity index (χ1v) is 22.3. The SMILES string of the molecule is CCCC[C](CCCC)(CCCC)[Sn][c]1ccncn1.CCCC[C](CCCC)(CCCC)[Sn][c]1ccncn1. The fourth-order valence-corrected chi connectivity index (χ4v) is 15.4. The van der Waals surface area contributed by atoms with Crippen LogP contribution in [-0.4, -0.2) is 62.2 Å². The van der Waals surface area contributed by atoms with Crippen molar-refractivity contribution in [2.75, 3.05) is 0 Å². The second-order valence-electron chi connectivity index (χ2n) is 11.6. The molecule has 2 aromatic rings. The number of aromatic nitrogens is 4. The molecule has 0 aliphatic carbocycles. The molecule has 0 bridgehead atoms. The maximum atomic E-state index is 4.55. The average molecular weight is 762 g/mol. The molecule has 0 saturated carbocycles. The van der Waals surface area contributed by atoms with Gasteiger partial charge in [0.2, 0.25) is 0 Å². The van der Waals surface area contributed by atoms with Crippen LogP contribution in [0.4, 0.5) is 0 Å². The quantitative estimate of drug-likeness (QED) is 0.112. The van der Waals surface area contributed by atoms with Crippen LogP contribution >= 0.6 is 0 Å². The first-order valence-electron chi connectivity index (χ1n) is 16.6. The van der Waals surface area contributed by atoms with Gasteiger partial charge in [-0.15, -0.1) is 0 Å². The van der Waals surface area contributed by atoms with E-state index in [1.165, 1.54) is 123 Å². The van der Waals surface area contributed by atoms with Gasteiger partial charge < -0.3 is 0 Å². The molecule has 2 aromatic heterocycles. The standard InChI is InChI=1S/2C13H27.2C4H3N2.2Sn/c2*1-4-7-10-13(11-8-5-2)12-9-6-3;2*1-2-5-4-6-3-1;;/h2*4-12H2,1-3H3;2*1-2,4H;;. The predicted octanol–water partition coefficient (Wildman–Crippen LogP) is 9.07. The van der Waals surface area contributed by atoms with E-state index in [1.54, 1.807) is 12.7 Å². The van der Waals surface area contributed by atoms with Crippen LogP contribution in [0.3, 0.4) is 0 Å². The van der Waals surface area contributed by atoms with Crippen LogP contribution in [0.5, 0.6) is 0 Å². The third kappa shape index (κ3) is 16.4. The van der Waals surface area contributed by atoms with Crippen molar-refractivity contribution in [2.24, 2.45) is 0 Å². The van der Waals surface area contributed by atoms with Crippen molar-refractivity contribution in [3.63, 3.8) is 0 Å². The molecule has 2 heterocycles. The van der Waals surface area contributed by atoms with Crippen molar-refractivity contribution in [1.82, 2.24) is 19.9 Å². The molecule has 2 rings (SSSR count). The predicted molar refractivity (Wildman–Crippen MR) is 177 cm³/mol. The molecule has 4 nitrogen and oxygen atoms in total. The molecule has 0 fully saturated rings. The third-order valence-electron chi connectivity index (χ3n) is 8.00. The van der Waals surface area contributed by atoms with Crippen molar-refractivity contribution in [3.8, 4) is 0 Å². The van der Waals surface area contributed by atoms with Crippen LogP contribution in [0.1, 0.15) is 157 Å². The molecule has 40 heavy (non-hydrogen) atoms. The summed E-state index contributed by atoms with van der Waals surface area (Å²) in [6, 6.07) is 4.34. The summed E-state index contributed by atoms with van der Waals surface area (Å²) < 4.78 is 4.07. The molecule has 0 atom stereocenters. The Morgan fingerprint density at radius 3 is 0.950 bits per heavy atom. The van der Waals surface area contributed by atoms with Crippen LogP contribution in [0, 0.1) is 0 Å². The first-order chi connectivity index (χ1) is 19.5. The zero-order chi connectivity index (χ0) is 29.4. The zero-order valence-electron chi connectivity index (χ0n) is 27.0. The Morgan fingerprint density at radius 2 is 0.750 bits per heavy atom. The number of hydrogen-bond donors (Lipinski definition) is 0. The third-order valence-corrected chi connectivity index (χ3v) is 18.5. The van der Waals surface area contributed by atoms with Crippen molar-refractivity contribution >= 4 is 49.7 Å². The normalized spacial score (nSPS) is 11.8. The van der Waals surface area contributed by atoms with Gasteiger partial charge in [0.1, 0.15) is 0 Å². The van der Waals surface area contributed by atoms with Gasteiger partial charge in [0.15, 0.2) is 0 Å². The van der Waals surface area contributed by atoms with Gasteiger partial charge in [-0.25, -0.2) is 0 Å². The Bertz CT molecular complexity index is 706. The van der Waals surface area contributed by atoms with Gasteiger partial charge in [-0.2, -0.15) is 0 Å². The Kier molecular flexibility index (Phi) is 22.9. The van der Waals surface area contributed by atoms with E-state index < -0.39 is 42.3 Å². The van der Waals surface area contributed by atoms with Gasteiger partial charge in [0, 0.05) is 0 Å². The molecular formula is C34H60N4Sn2. The first kappa shape index (κ1) is 37.8. The molecule has 0 unspecified atom stereocenters. The molecule has 0 amide bonds. The van der Waals surface area contributed by atoms with Gasteiger partial charge >= 0.3 is 271 Å². The van der Waals surface area contributed by atoms with Gasteiger partial charge in [0.05, 0.1) is 0 Å².